The molecule has 0 unspecified atom stereocenters. The van der Waals surface area contributed by atoms with Gasteiger partial charge < -0.3 is 0 Å². The van der Waals surface area contributed by atoms with Gasteiger partial charge in [-0.1, -0.05) is 18.2 Å². The van der Waals surface area contributed by atoms with Gasteiger partial charge in [-0.15, -0.1) is 11.6 Å². The Labute approximate surface area is 77.4 Å². The summed E-state index contributed by atoms with van der Waals surface area (Å²) < 4.78 is 13.3. The molecule has 0 heterocycles. The first kappa shape index (κ1) is 9.53. The summed E-state index contributed by atoms with van der Waals surface area (Å²) in [4.78, 5) is 0. The van der Waals surface area contributed by atoms with Crippen LogP contribution in [0, 0.1) is 12.7 Å². The third kappa shape index (κ3) is 2.21. The average molecular weight is 187 g/mol. The van der Waals surface area contributed by atoms with Crippen LogP contribution in [0.4, 0.5) is 4.39 Å². The van der Waals surface area contributed by atoms with Gasteiger partial charge in [0.15, 0.2) is 0 Å². The average Bonchev–Trinajstić information content (AvgIpc) is 2.08. The summed E-state index contributed by atoms with van der Waals surface area (Å²) in [6.07, 6.45) is 1.57. The topological polar surface area (TPSA) is 0 Å². The number of hydrogen-bond donors (Lipinski definition) is 0. The van der Waals surface area contributed by atoms with Crippen LogP contribution in [0.1, 0.15) is 17.5 Å². The number of hydrogen-bond acceptors (Lipinski definition) is 0. The van der Waals surface area contributed by atoms with E-state index in [1.54, 1.807) is 13.0 Å². The first-order chi connectivity index (χ1) is 5.75. The maximum Gasteiger partial charge on any atom is 0.129 e. The van der Waals surface area contributed by atoms with Crippen molar-refractivity contribution < 1.29 is 4.39 Å². The van der Waals surface area contributed by atoms with Crippen molar-refractivity contribution in [2.75, 3.05) is 5.88 Å². The maximum atomic E-state index is 13.3. The van der Waals surface area contributed by atoms with Gasteiger partial charge in [-0.3, -0.25) is 0 Å². The van der Waals surface area contributed by atoms with Crippen LogP contribution in [0.25, 0.3) is 0 Å². The normalized spacial score (nSPS) is 10.2. The second kappa shape index (κ2) is 4.46. The van der Waals surface area contributed by atoms with Gasteiger partial charge in [-0.2, -0.15) is 0 Å². The van der Waals surface area contributed by atoms with Crippen LogP contribution in [0.2, 0.25) is 0 Å². The molecule has 0 saturated carbocycles. The molecule has 0 nitrogen and oxygen atoms in total. The predicted molar refractivity (Wildman–Crippen MR) is 50.2 cm³/mol. The number of alkyl halides is 1. The van der Waals surface area contributed by atoms with Crippen LogP contribution in [0.3, 0.4) is 0 Å². The molecule has 66 valence electrons. The minimum atomic E-state index is -0.0809. The summed E-state index contributed by atoms with van der Waals surface area (Å²) in [6, 6.07) is 5.47. The molecule has 0 aromatic heterocycles. The molecule has 0 fully saturated rings. The van der Waals surface area contributed by atoms with Crippen LogP contribution in [-0.4, -0.2) is 5.88 Å². The van der Waals surface area contributed by atoms with Crippen LogP contribution in [0.5, 0.6) is 0 Å². The zero-order valence-electron chi connectivity index (χ0n) is 7.11. The van der Waals surface area contributed by atoms with Crippen LogP contribution < -0.4 is 0 Å². The first-order valence-corrected chi connectivity index (χ1v) is 4.59. The Hall–Kier alpha value is -0.560. The molecule has 0 atom stereocenters. The van der Waals surface area contributed by atoms with E-state index in [9.17, 15) is 4.39 Å². The van der Waals surface area contributed by atoms with E-state index in [1.807, 2.05) is 12.1 Å². The maximum absolute atomic E-state index is 13.3. The summed E-state index contributed by atoms with van der Waals surface area (Å²) >= 11 is 5.52. The van der Waals surface area contributed by atoms with Crippen molar-refractivity contribution >= 4 is 11.6 Å². The van der Waals surface area contributed by atoms with E-state index in [0.717, 1.165) is 18.4 Å². The fourth-order valence-electron chi connectivity index (χ4n) is 1.16. The highest BCUT2D eigenvalue weighted by atomic mass is 35.5. The molecule has 1 aromatic rings. The smallest absolute Gasteiger partial charge is 0.129 e. The molecule has 0 bridgehead atoms. The minimum Gasteiger partial charge on any atom is -0.206 e. The third-order valence-electron chi connectivity index (χ3n) is 1.85. The van der Waals surface area contributed by atoms with Crippen molar-refractivity contribution in [2.45, 2.75) is 19.8 Å². The van der Waals surface area contributed by atoms with Gasteiger partial charge in [0.25, 0.3) is 0 Å². The Morgan fingerprint density at radius 2 is 2.17 bits per heavy atom. The molecule has 0 aliphatic heterocycles. The molecule has 12 heavy (non-hydrogen) atoms. The summed E-state index contributed by atoms with van der Waals surface area (Å²) in [6.45, 7) is 1.78. The summed E-state index contributed by atoms with van der Waals surface area (Å²) in [5.41, 5.74) is 1.48. The number of benzene rings is 1. The van der Waals surface area contributed by atoms with E-state index in [2.05, 4.69) is 0 Å². The molecule has 0 saturated heterocycles. The Bertz CT molecular complexity index is 258. The molecular formula is C10H12ClF. The highest BCUT2D eigenvalue weighted by molar-refractivity contribution is 6.17. The van der Waals surface area contributed by atoms with Crippen LogP contribution in [0.15, 0.2) is 18.2 Å². The molecule has 1 rings (SSSR count). The van der Waals surface area contributed by atoms with Crippen molar-refractivity contribution in [1.82, 2.24) is 0 Å². The van der Waals surface area contributed by atoms with Gasteiger partial charge in [0.1, 0.15) is 5.82 Å². The van der Waals surface area contributed by atoms with E-state index in [-0.39, 0.29) is 5.82 Å². The number of aryl methyl sites for hydroxylation is 2. The standard InChI is InChI=1S/C10H12ClF/c1-8-4-2-5-9(10(8)12)6-3-7-11/h2,4-5H,3,6-7H2,1H3. The largest absolute Gasteiger partial charge is 0.206 e. The van der Waals surface area contributed by atoms with Crippen molar-refractivity contribution in [1.29, 1.82) is 0 Å². The Morgan fingerprint density at radius 3 is 2.83 bits per heavy atom. The molecule has 0 radical (unpaired) electrons. The Balaban J connectivity index is 2.78. The minimum absolute atomic E-state index is 0.0809. The van der Waals surface area contributed by atoms with Crippen molar-refractivity contribution in [3.8, 4) is 0 Å². The number of halogens is 2. The molecule has 2 heteroatoms. The lowest BCUT2D eigenvalue weighted by atomic mass is 10.1. The SMILES string of the molecule is Cc1cccc(CCCCl)c1F. The fourth-order valence-corrected chi connectivity index (χ4v) is 1.29. The predicted octanol–water partition coefficient (Wildman–Crippen LogP) is 3.31. The molecule has 0 aliphatic rings. The van der Waals surface area contributed by atoms with E-state index in [4.69, 9.17) is 11.6 Å². The zero-order chi connectivity index (χ0) is 8.97. The third-order valence-corrected chi connectivity index (χ3v) is 2.12. The Kier molecular flexibility index (Phi) is 3.54. The van der Waals surface area contributed by atoms with Gasteiger partial charge >= 0.3 is 0 Å². The van der Waals surface area contributed by atoms with E-state index in [1.165, 1.54) is 0 Å². The summed E-state index contributed by atoms with van der Waals surface area (Å²) in [5, 5.41) is 0. The summed E-state index contributed by atoms with van der Waals surface area (Å²) in [7, 11) is 0. The first-order valence-electron chi connectivity index (χ1n) is 4.05. The van der Waals surface area contributed by atoms with Gasteiger partial charge in [-0.05, 0) is 30.9 Å². The van der Waals surface area contributed by atoms with E-state index in [0.29, 0.717) is 11.4 Å². The van der Waals surface area contributed by atoms with Crippen molar-refractivity contribution in [3.05, 3.63) is 35.1 Å². The quantitative estimate of drug-likeness (QED) is 0.636. The van der Waals surface area contributed by atoms with Gasteiger partial charge in [0.05, 0.1) is 0 Å². The van der Waals surface area contributed by atoms with Crippen molar-refractivity contribution in [3.63, 3.8) is 0 Å². The zero-order valence-corrected chi connectivity index (χ0v) is 7.87. The van der Waals surface area contributed by atoms with Crippen LogP contribution in [-0.2, 0) is 6.42 Å². The lowest BCUT2D eigenvalue weighted by Crippen LogP contribution is -1.93. The second-order valence-electron chi connectivity index (χ2n) is 2.84. The Morgan fingerprint density at radius 1 is 1.42 bits per heavy atom. The lowest BCUT2D eigenvalue weighted by molar-refractivity contribution is 0.599. The molecule has 0 N–H and O–H groups in total. The second-order valence-corrected chi connectivity index (χ2v) is 3.22. The van der Waals surface area contributed by atoms with E-state index >= 15 is 0 Å². The van der Waals surface area contributed by atoms with Gasteiger partial charge in [0.2, 0.25) is 0 Å². The van der Waals surface area contributed by atoms with Gasteiger partial charge in [-0.25, -0.2) is 4.39 Å². The van der Waals surface area contributed by atoms with E-state index < -0.39 is 0 Å². The lowest BCUT2D eigenvalue weighted by Gasteiger charge is -2.03. The van der Waals surface area contributed by atoms with Crippen molar-refractivity contribution in [2.24, 2.45) is 0 Å². The molecule has 0 amide bonds. The summed E-state index contributed by atoms with van der Waals surface area (Å²) in [5.74, 6) is 0.510. The number of rotatable bonds is 3. The van der Waals surface area contributed by atoms with Gasteiger partial charge in [0, 0.05) is 5.88 Å². The molecule has 0 aliphatic carbocycles. The fraction of sp³-hybridized carbons (Fsp3) is 0.400. The monoisotopic (exact) mass is 186 g/mol. The highest BCUT2D eigenvalue weighted by Crippen LogP contribution is 2.13. The highest BCUT2D eigenvalue weighted by Gasteiger charge is 2.02. The molecular weight excluding hydrogens is 175 g/mol. The molecule has 0 spiro atoms. The molecule has 1 aromatic carbocycles. The van der Waals surface area contributed by atoms with Crippen LogP contribution >= 0.6 is 11.6 Å².